The van der Waals surface area contributed by atoms with Crippen LogP contribution in [0.3, 0.4) is 0 Å². The van der Waals surface area contributed by atoms with E-state index in [-0.39, 0.29) is 11.3 Å². The summed E-state index contributed by atoms with van der Waals surface area (Å²) in [6.45, 7) is 3.53. The van der Waals surface area contributed by atoms with Crippen molar-refractivity contribution in [3.8, 4) is 16.8 Å². The number of hydrogen-bond donors (Lipinski definition) is 1. The number of carbonyl (C=O) groups is 1. The second-order valence-corrected chi connectivity index (χ2v) is 7.60. The number of carbonyl (C=O) groups excluding carboxylic acids is 1. The van der Waals surface area contributed by atoms with Crippen LogP contribution in [0.15, 0.2) is 83.7 Å². The lowest BCUT2D eigenvalue weighted by Gasteiger charge is -2.19. The lowest BCUT2D eigenvalue weighted by Crippen LogP contribution is -2.25. The van der Waals surface area contributed by atoms with Gasteiger partial charge in [0.05, 0.1) is 11.3 Å². The van der Waals surface area contributed by atoms with E-state index in [0.29, 0.717) is 33.2 Å². The number of anilines is 1. The van der Waals surface area contributed by atoms with Gasteiger partial charge in [-0.1, -0.05) is 60.1 Å². The van der Waals surface area contributed by atoms with Crippen molar-refractivity contribution < 1.29 is 4.79 Å². The fourth-order valence-corrected chi connectivity index (χ4v) is 3.52. The molecule has 0 fully saturated rings. The minimum absolute atomic E-state index is 0.255. The first-order valence-corrected chi connectivity index (χ1v) is 10.2. The zero-order valence-corrected chi connectivity index (χ0v) is 17.9. The molecule has 0 aliphatic heterocycles. The predicted molar refractivity (Wildman–Crippen MR) is 124 cm³/mol. The maximum absolute atomic E-state index is 13.2. The van der Waals surface area contributed by atoms with Crippen LogP contribution in [0.5, 0.6) is 0 Å². The van der Waals surface area contributed by atoms with Gasteiger partial charge in [0.15, 0.2) is 0 Å². The van der Waals surface area contributed by atoms with Gasteiger partial charge in [-0.15, -0.1) is 0 Å². The molecule has 0 unspecified atom stereocenters. The Morgan fingerprint density at radius 3 is 2.23 bits per heavy atom. The molecule has 4 aromatic rings. The van der Waals surface area contributed by atoms with Crippen LogP contribution < -0.4 is 10.7 Å². The van der Waals surface area contributed by atoms with Crippen LogP contribution in [-0.4, -0.2) is 15.7 Å². The van der Waals surface area contributed by atoms with Crippen LogP contribution in [0.2, 0.25) is 5.02 Å². The van der Waals surface area contributed by atoms with Crippen LogP contribution >= 0.6 is 11.6 Å². The summed E-state index contributed by atoms with van der Waals surface area (Å²) in [7, 11) is 0. The third kappa shape index (κ3) is 4.13. The van der Waals surface area contributed by atoms with Gasteiger partial charge in [-0.25, -0.2) is 4.68 Å². The molecule has 1 amide bonds. The fraction of sp³-hybridized carbons (Fsp3) is 0.0800. The number of aryl methyl sites for hydroxylation is 2. The number of hydrogen-bond acceptors (Lipinski definition) is 3. The maximum atomic E-state index is 13.2. The molecule has 0 aliphatic carbocycles. The average molecular weight is 430 g/mol. The Kier molecular flexibility index (Phi) is 5.69. The van der Waals surface area contributed by atoms with E-state index in [9.17, 15) is 9.59 Å². The lowest BCUT2D eigenvalue weighted by atomic mass is 10.0. The Hall–Kier alpha value is -3.70. The summed E-state index contributed by atoms with van der Waals surface area (Å²) in [5.41, 5.74) is 3.15. The molecule has 0 aliphatic rings. The molecule has 0 spiro atoms. The van der Waals surface area contributed by atoms with Gasteiger partial charge < -0.3 is 5.32 Å². The Morgan fingerprint density at radius 2 is 1.55 bits per heavy atom. The van der Waals surface area contributed by atoms with E-state index in [0.717, 1.165) is 11.3 Å². The van der Waals surface area contributed by atoms with Crippen molar-refractivity contribution in [1.82, 2.24) is 9.78 Å². The molecular formula is C25H20ClN3O2. The molecule has 0 bridgehead atoms. The van der Waals surface area contributed by atoms with Crippen LogP contribution in [0.25, 0.3) is 16.8 Å². The Balaban J connectivity index is 1.97. The normalized spacial score (nSPS) is 10.7. The van der Waals surface area contributed by atoms with Crippen molar-refractivity contribution in [3.05, 3.63) is 111 Å². The summed E-state index contributed by atoms with van der Waals surface area (Å²) < 4.78 is 1.59. The molecule has 0 saturated carbocycles. The average Bonchev–Trinajstić information content (AvgIpc) is 2.78. The summed E-state index contributed by atoms with van der Waals surface area (Å²) in [5.74, 6) is -0.0135. The molecule has 6 heteroatoms. The number of rotatable bonds is 4. The quantitative estimate of drug-likeness (QED) is 0.471. The van der Waals surface area contributed by atoms with Gasteiger partial charge in [0.25, 0.3) is 5.91 Å². The lowest BCUT2D eigenvalue weighted by molar-refractivity contribution is 0.102. The maximum Gasteiger partial charge on any atom is 0.257 e. The first-order chi connectivity index (χ1) is 15.0. The smallest absolute Gasteiger partial charge is 0.257 e. The standard InChI is InChI=1S/C25H20ClN3O2/c1-16-8-6-7-11-21(16)25(31)27-24-22(18-12-14-19(26)15-13-18)23(30)17(2)28-29(24)20-9-4-3-5-10-20/h3-15H,1-2H3,(H,27,31). The molecule has 0 saturated heterocycles. The van der Waals surface area contributed by atoms with Gasteiger partial charge in [-0.2, -0.15) is 5.10 Å². The van der Waals surface area contributed by atoms with Crippen molar-refractivity contribution in [1.29, 1.82) is 0 Å². The monoisotopic (exact) mass is 429 g/mol. The van der Waals surface area contributed by atoms with Crippen molar-refractivity contribution in [2.75, 3.05) is 5.32 Å². The minimum Gasteiger partial charge on any atom is -0.306 e. The highest BCUT2D eigenvalue weighted by Crippen LogP contribution is 2.28. The number of benzene rings is 3. The second-order valence-electron chi connectivity index (χ2n) is 7.16. The predicted octanol–water partition coefficient (Wildman–Crippen LogP) is 5.42. The van der Waals surface area contributed by atoms with Gasteiger partial charge in [0, 0.05) is 10.6 Å². The molecule has 3 aromatic carbocycles. The van der Waals surface area contributed by atoms with Gasteiger partial charge >= 0.3 is 0 Å². The summed E-state index contributed by atoms with van der Waals surface area (Å²) in [6.07, 6.45) is 0. The van der Waals surface area contributed by atoms with Crippen LogP contribution in [0.1, 0.15) is 21.6 Å². The van der Waals surface area contributed by atoms with Gasteiger partial charge in [0.1, 0.15) is 11.5 Å². The Bertz CT molecular complexity index is 1310. The van der Waals surface area contributed by atoms with Crippen molar-refractivity contribution in [3.63, 3.8) is 0 Å². The number of nitrogens with zero attached hydrogens (tertiary/aromatic N) is 2. The summed E-state index contributed by atoms with van der Waals surface area (Å²) in [5, 5.41) is 7.98. The molecule has 154 valence electrons. The minimum atomic E-state index is -0.317. The van der Waals surface area contributed by atoms with E-state index < -0.39 is 0 Å². The van der Waals surface area contributed by atoms with E-state index >= 15 is 0 Å². The van der Waals surface area contributed by atoms with E-state index in [1.807, 2.05) is 49.4 Å². The molecule has 0 radical (unpaired) electrons. The molecule has 1 aromatic heterocycles. The van der Waals surface area contributed by atoms with Crippen molar-refractivity contribution >= 4 is 23.3 Å². The number of aromatic nitrogens is 2. The molecule has 4 rings (SSSR count). The number of nitrogens with one attached hydrogen (secondary N) is 1. The first kappa shape index (κ1) is 20.6. The van der Waals surface area contributed by atoms with E-state index in [1.165, 1.54) is 0 Å². The summed E-state index contributed by atoms with van der Waals surface area (Å²) in [6, 6.07) is 23.6. The van der Waals surface area contributed by atoms with Crippen molar-refractivity contribution in [2.24, 2.45) is 0 Å². The highest BCUT2D eigenvalue weighted by atomic mass is 35.5. The zero-order chi connectivity index (χ0) is 22.0. The number of para-hydroxylation sites is 1. The van der Waals surface area contributed by atoms with E-state index in [2.05, 4.69) is 10.4 Å². The van der Waals surface area contributed by atoms with Gasteiger partial charge in [0.2, 0.25) is 5.43 Å². The molecule has 1 N–H and O–H groups in total. The molecule has 1 heterocycles. The van der Waals surface area contributed by atoms with Crippen LogP contribution in [0, 0.1) is 13.8 Å². The largest absolute Gasteiger partial charge is 0.306 e. The Labute approximate surface area is 184 Å². The zero-order valence-electron chi connectivity index (χ0n) is 17.1. The number of amides is 1. The second kappa shape index (κ2) is 8.58. The third-order valence-corrected chi connectivity index (χ3v) is 5.26. The highest BCUT2D eigenvalue weighted by Gasteiger charge is 2.21. The molecular weight excluding hydrogens is 410 g/mol. The fourth-order valence-electron chi connectivity index (χ4n) is 3.40. The third-order valence-electron chi connectivity index (χ3n) is 5.01. The number of halogens is 1. The molecule has 5 nitrogen and oxygen atoms in total. The van der Waals surface area contributed by atoms with Crippen LogP contribution in [-0.2, 0) is 0 Å². The molecule has 0 atom stereocenters. The van der Waals surface area contributed by atoms with Crippen LogP contribution in [0.4, 0.5) is 5.82 Å². The summed E-state index contributed by atoms with van der Waals surface area (Å²) >= 11 is 6.05. The van der Waals surface area contributed by atoms with Gasteiger partial charge in [-0.05, 0) is 55.3 Å². The summed E-state index contributed by atoms with van der Waals surface area (Å²) in [4.78, 5) is 26.4. The first-order valence-electron chi connectivity index (χ1n) is 9.78. The van der Waals surface area contributed by atoms with Crippen molar-refractivity contribution in [2.45, 2.75) is 13.8 Å². The molecule has 31 heavy (non-hydrogen) atoms. The van der Waals surface area contributed by atoms with E-state index in [1.54, 1.807) is 48.0 Å². The van der Waals surface area contributed by atoms with Gasteiger partial charge in [-0.3, -0.25) is 9.59 Å². The Morgan fingerprint density at radius 1 is 0.903 bits per heavy atom. The topological polar surface area (TPSA) is 64.0 Å². The van der Waals surface area contributed by atoms with E-state index in [4.69, 9.17) is 11.6 Å². The SMILES string of the molecule is Cc1ccccc1C(=O)Nc1c(-c2ccc(Cl)cc2)c(=O)c(C)nn1-c1ccccc1. The highest BCUT2D eigenvalue weighted by molar-refractivity contribution is 6.30.